The predicted octanol–water partition coefficient (Wildman–Crippen LogP) is -1.45. The molecule has 1 aromatic carbocycles. The van der Waals surface area contributed by atoms with Crippen LogP contribution in [0.2, 0.25) is 0 Å². The van der Waals surface area contributed by atoms with Gasteiger partial charge in [0.1, 0.15) is 0 Å². The fraction of sp³-hybridized carbons (Fsp3) is 0.250. The average molecular weight is 192 g/mol. The molecule has 4 heteroatoms. The van der Waals surface area contributed by atoms with Gasteiger partial charge in [-0.2, -0.15) is 0 Å². The maximum Gasteiger partial charge on any atom is 1.00 e. The maximum absolute atomic E-state index is 10.5. The molecule has 0 bridgehead atoms. The van der Waals surface area contributed by atoms with Gasteiger partial charge in [-0.1, -0.05) is 6.07 Å². The first-order valence-electron chi connectivity index (χ1n) is 3.28. The van der Waals surface area contributed by atoms with E-state index in [1.807, 2.05) is 13.8 Å². The Hall–Kier alpha value is 0.330. The molecule has 0 heterocycles. The molecule has 1 atom stereocenters. The van der Waals surface area contributed by atoms with Crippen molar-refractivity contribution in [1.29, 1.82) is 0 Å². The van der Waals surface area contributed by atoms with Crippen molar-refractivity contribution in [2.45, 2.75) is 18.7 Å². The third-order valence-corrected chi connectivity index (χ3v) is 2.31. The molecule has 2 nitrogen and oxygen atoms in total. The first-order valence-corrected chi connectivity index (χ1v) is 4.35. The molecule has 0 fully saturated rings. The molecule has 1 aromatic rings. The van der Waals surface area contributed by atoms with E-state index in [0.717, 1.165) is 11.1 Å². The van der Waals surface area contributed by atoms with Crippen molar-refractivity contribution in [3.05, 3.63) is 29.3 Å². The zero-order valence-corrected chi connectivity index (χ0v) is 10.3. The van der Waals surface area contributed by atoms with Crippen molar-refractivity contribution in [2.24, 2.45) is 0 Å². The van der Waals surface area contributed by atoms with Crippen molar-refractivity contribution in [1.82, 2.24) is 0 Å². The second-order valence-electron chi connectivity index (χ2n) is 2.48. The van der Waals surface area contributed by atoms with E-state index in [1.165, 1.54) is 0 Å². The summed E-state index contributed by atoms with van der Waals surface area (Å²) in [6.45, 7) is 3.85. The fourth-order valence-electron chi connectivity index (χ4n) is 0.818. The van der Waals surface area contributed by atoms with Crippen LogP contribution < -0.4 is 29.6 Å². The van der Waals surface area contributed by atoms with Crippen LogP contribution in [-0.2, 0) is 11.1 Å². The van der Waals surface area contributed by atoms with Crippen LogP contribution in [0.25, 0.3) is 0 Å². The second-order valence-corrected chi connectivity index (χ2v) is 3.42. The van der Waals surface area contributed by atoms with Crippen LogP contribution in [0.15, 0.2) is 23.1 Å². The van der Waals surface area contributed by atoms with Crippen LogP contribution in [0.3, 0.4) is 0 Å². The third-order valence-electron chi connectivity index (χ3n) is 1.67. The predicted molar refractivity (Wildman–Crippen MR) is 43.1 cm³/mol. The van der Waals surface area contributed by atoms with E-state index in [4.69, 9.17) is 0 Å². The van der Waals surface area contributed by atoms with Crippen molar-refractivity contribution < 1.29 is 38.3 Å². The number of hydrogen-bond donors (Lipinski definition) is 0. The molecular weight excluding hydrogens is 183 g/mol. The Morgan fingerprint density at radius 2 is 1.83 bits per heavy atom. The molecule has 0 aliphatic heterocycles. The molecule has 0 aromatic heterocycles. The van der Waals surface area contributed by atoms with Gasteiger partial charge in [-0.25, -0.2) is 0 Å². The Bertz CT molecular complexity index is 299. The molecule has 1 unspecified atom stereocenters. The van der Waals surface area contributed by atoms with Crippen molar-refractivity contribution in [2.75, 3.05) is 0 Å². The topological polar surface area (TPSA) is 40.1 Å². The summed E-state index contributed by atoms with van der Waals surface area (Å²) >= 11 is -2.10. The van der Waals surface area contributed by atoms with Gasteiger partial charge in [0.05, 0.1) is 0 Å². The normalized spacial score (nSPS) is 11.9. The van der Waals surface area contributed by atoms with Gasteiger partial charge in [0.25, 0.3) is 0 Å². The monoisotopic (exact) mass is 192 g/mol. The quantitative estimate of drug-likeness (QED) is 0.403. The van der Waals surface area contributed by atoms with Gasteiger partial charge >= 0.3 is 29.6 Å². The van der Waals surface area contributed by atoms with Gasteiger partial charge in [0.15, 0.2) is 0 Å². The van der Waals surface area contributed by atoms with Crippen LogP contribution in [0.4, 0.5) is 0 Å². The Balaban J connectivity index is 0.00000121. The van der Waals surface area contributed by atoms with Crippen LogP contribution in [0.5, 0.6) is 0 Å². The van der Waals surface area contributed by atoms with Crippen LogP contribution in [-0.4, -0.2) is 8.76 Å². The van der Waals surface area contributed by atoms with E-state index in [9.17, 15) is 8.76 Å². The molecule has 0 saturated heterocycles. The van der Waals surface area contributed by atoms with E-state index in [1.54, 1.807) is 18.2 Å². The molecule has 12 heavy (non-hydrogen) atoms. The van der Waals surface area contributed by atoms with E-state index in [-0.39, 0.29) is 29.6 Å². The summed E-state index contributed by atoms with van der Waals surface area (Å²) in [4.78, 5) is 0.355. The zero-order valence-electron chi connectivity index (χ0n) is 7.46. The molecule has 0 amide bonds. The number of hydrogen-bond acceptors (Lipinski definition) is 2. The molecule has 0 saturated carbocycles. The summed E-state index contributed by atoms with van der Waals surface area (Å²) in [6.07, 6.45) is 0. The molecule has 60 valence electrons. The van der Waals surface area contributed by atoms with Gasteiger partial charge < -0.3 is 4.55 Å². The average Bonchev–Trinajstić information content (AvgIpc) is 1.94. The minimum absolute atomic E-state index is 0. The number of rotatable bonds is 1. The molecule has 0 radical (unpaired) electrons. The van der Waals surface area contributed by atoms with E-state index < -0.39 is 11.1 Å². The van der Waals surface area contributed by atoms with Gasteiger partial charge in [-0.3, -0.25) is 4.21 Å². The first-order chi connectivity index (χ1) is 5.11. The Morgan fingerprint density at radius 1 is 1.25 bits per heavy atom. The summed E-state index contributed by atoms with van der Waals surface area (Å²) in [5, 5.41) is 0. The standard InChI is InChI=1S/C8H10O2S.Na/c1-6-3-4-8(11(9)10)5-7(6)2;/h3-5H,1-2H3,(H,9,10);/q;+1/p-1. The molecular formula is C8H9NaO2S. The molecule has 0 spiro atoms. The molecule has 0 N–H and O–H groups in total. The Morgan fingerprint density at radius 3 is 2.25 bits per heavy atom. The fourth-order valence-corrected chi connectivity index (χ4v) is 1.27. The van der Waals surface area contributed by atoms with Gasteiger partial charge in [0.2, 0.25) is 0 Å². The number of benzene rings is 1. The minimum Gasteiger partial charge on any atom is -0.768 e. The minimum atomic E-state index is -2.10. The Labute approximate surface area is 97.0 Å². The van der Waals surface area contributed by atoms with Gasteiger partial charge in [-0.05, 0) is 48.2 Å². The van der Waals surface area contributed by atoms with Crippen LogP contribution in [0, 0.1) is 13.8 Å². The summed E-state index contributed by atoms with van der Waals surface area (Å²) in [5.41, 5.74) is 2.12. The third kappa shape index (κ3) is 2.99. The van der Waals surface area contributed by atoms with Gasteiger partial charge in [-0.15, -0.1) is 0 Å². The summed E-state index contributed by atoms with van der Waals surface area (Å²) in [5.74, 6) is 0. The van der Waals surface area contributed by atoms with Crippen molar-refractivity contribution in [3.8, 4) is 0 Å². The molecule has 0 aliphatic rings. The summed E-state index contributed by atoms with van der Waals surface area (Å²) < 4.78 is 20.9. The summed E-state index contributed by atoms with van der Waals surface area (Å²) in [6, 6.07) is 5.07. The van der Waals surface area contributed by atoms with Crippen LogP contribution >= 0.6 is 0 Å². The first kappa shape index (κ1) is 12.3. The smallest absolute Gasteiger partial charge is 0.768 e. The van der Waals surface area contributed by atoms with E-state index in [2.05, 4.69) is 0 Å². The molecule has 1 rings (SSSR count). The largest absolute Gasteiger partial charge is 1.00 e. The SMILES string of the molecule is Cc1ccc(S(=O)[O-])cc1C.[Na+]. The zero-order chi connectivity index (χ0) is 8.43. The van der Waals surface area contributed by atoms with Gasteiger partial charge in [0, 0.05) is 4.90 Å². The number of aryl methyl sites for hydroxylation is 2. The van der Waals surface area contributed by atoms with Crippen molar-refractivity contribution >= 4 is 11.1 Å². The molecule has 0 aliphatic carbocycles. The van der Waals surface area contributed by atoms with Crippen molar-refractivity contribution in [3.63, 3.8) is 0 Å². The second kappa shape index (κ2) is 5.14. The summed E-state index contributed by atoms with van der Waals surface area (Å²) in [7, 11) is 0. The van der Waals surface area contributed by atoms with Crippen LogP contribution in [0.1, 0.15) is 11.1 Å². The Kier molecular flexibility index (Phi) is 5.29. The van der Waals surface area contributed by atoms with E-state index >= 15 is 0 Å². The van der Waals surface area contributed by atoms with E-state index in [0.29, 0.717) is 4.90 Å². The maximum atomic E-state index is 10.5.